The molecular weight excluding hydrogens is 403 g/mol. The molecule has 4 rings (SSSR count). The lowest BCUT2D eigenvalue weighted by atomic mass is 10.1. The quantitative estimate of drug-likeness (QED) is 0.493. The largest absolute Gasteiger partial charge is 0.416 e. The number of imidazole rings is 1. The third-order valence-corrected chi connectivity index (χ3v) is 5.58. The second-order valence-corrected chi connectivity index (χ2v) is 8.52. The molecule has 5 nitrogen and oxygen atoms in total. The van der Waals surface area contributed by atoms with Crippen molar-refractivity contribution >= 4 is 15.5 Å². The molecule has 0 aliphatic heterocycles. The lowest BCUT2D eigenvalue weighted by Gasteiger charge is -2.08. The summed E-state index contributed by atoms with van der Waals surface area (Å²) < 4.78 is 63.1. The van der Waals surface area contributed by atoms with Crippen molar-refractivity contribution in [1.29, 1.82) is 0 Å². The van der Waals surface area contributed by atoms with E-state index in [4.69, 9.17) is 0 Å². The molecule has 0 unspecified atom stereocenters. The normalized spacial score (nSPS) is 12.4. The molecule has 0 spiro atoms. The predicted octanol–water partition coefficient (Wildman–Crippen LogP) is 4.49. The van der Waals surface area contributed by atoms with Crippen molar-refractivity contribution in [3.8, 4) is 22.5 Å². The summed E-state index contributed by atoms with van der Waals surface area (Å²) in [7, 11) is -3.30. The molecule has 2 aromatic heterocycles. The number of hydrogen-bond acceptors (Lipinski definition) is 4. The van der Waals surface area contributed by atoms with E-state index in [9.17, 15) is 21.6 Å². The highest BCUT2D eigenvalue weighted by Crippen LogP contribution is 2.31. The van der Waals surface area contributed by atoms with E-state index >= 15 is 0 Å². The lowest BCUT2D eigenvalue weighted by molar-refractivity contribution is -0.137. The predicted molar refractivity (Wildman–Crippen MR) is 102 cm³/mol. The number of rotatable bonds is 3. The van der Waals surface area contributed by atoms with Crippen molar-refractivity contribution in [2.75, 3.05) is 6.26 Å². The van der Waals surface area contributed by atoms with E-state index in [0.717, 1.165) is 18.4 Å². The standard InChI is InChI=1S/C20H14F3N3O2S/c1-29(27,28)16-8-4-13(5-9-16)17-10-11-19-24-12-18(26(19)25-17)14-2-6-15(7-3-14)20(21,22)23/h2-12H,1H3. The molecule has 0 saturated carbocycles. The summed E-state index contributed by atoms with van der Waals surface area (Å²) in [5, 5.41) is 4.53. The lowest BCUT2D eigenvalue weighted by Crippen LogP contribution is -2.04. The molecule has 148 valence electrons. The van der Waals surface area contributed by atoms with E-state index in [1.54, 1.807) is 35.0 Å². The molecule has 0 amide bonds. The van der Waals surface area contributed by atoms with E-state index in [1.807, 2.05) is 0 Å². The van der Waals surface area contributed by atoms with E-state index in [0.29, 0.717) is 28.2 Å². The maximum atomic E-state index is 12.8. The smallest absolute Gasteiger partial charge is 0.235 e. The van der Waals surface area contributed by atoms with Crippen molar-refractivity contribution in [3.05, 3.63) is 72.4 Å². The molecule has 2 heterocycles. The Kier molecular flexibility index (Phi) is 4.42. The Bertz CT molecular complexity index is 1290. The van der Waals surface area contributed by atoms with E-state index in [2.05, 4.69) is 10.1 Å². The van der Waals surface area contributed by atoms with Gasteiger partial charge in [-0.2, -0.15) is 18.3 Å². The molecule has 0 radical (unpaired) electrons. The van der Waals surface area contributed by atoms with Gasteiger partial charge in [-0.1, -0.05) is 24.3 Å². The van der Waals surface area contributed by atoms with Gasteiger partial charge in [-0.3, -0.25) is 0 Å². The summed E-state index contributed by atoms with van der Waals surface area (Å²) >= 11 is 0. The zero-order chi connectivity index (χ0) is 20.8. The monoisotopic (exact) mass is 417 g/mol. The molecule has 4 aromatic rings. The fraction of sp³-hybridized carbons (Fsp3) is 0.100. The van der Waals surface area contributed by atoms with Gasteiger partial charge in [0.15, 0.2) is 15.5 Å². The van der Waals surface area contributed by atoms with Crippen LogP contribution < -0.4 is 0 Å². The molecule has 29 heavy (non-hydrogen) atoms. The first-order chi connectivity index (χ1) is 13.6. The van der Waals surface area contributed by atoms with Crippen LogP contribution in [0, 0.1) is 0 Å². The minimum absolute atomic E-state index is 0.204. The van der Waals surface area contributed by atoms with Crippen LogP contribution in [0.4, 0.5) is 13.2 Å². The highest BCUT2D eigenvalue weighted by Gasteiger charge is 2.30. The third kappa shape index (κ3) is 3.73. The summed E-state index contributed by atoms with van der Waals surface area (Å²) in [6.07, 6.45) is -1.73. The van der Waals surface area contributed by atoms with Crippen LogP contribution in [0.5, 0.6) is 0 Å². The maximum Gasteiger partial charge on any atom is 0.416 e. The molecule has 0 atom stereocenters. The summed E-state index contributed by atoms with van der Waals surface area (Å²) in [5.74, 6) is 0. The van der Waals surface area contributed by atoms with Gasteiger partial charge >= 0.3 is 6.18 Å². The van der Waals surface area contributed by atoms with E-state index in [1.165, 1.54) is 24.3 Å². The number of nitrogens with zero attached hydrogens (tertiary/aromatic N) is 3. The van der Waals surface area contributed by atoms with Crippen LogP contribution in [0.1, 0.15) is 5.56 Å². The van der Waals surface area contributed by atoms with Crippen LogP contribution in [0.15, 0.2) is 71.8 Å². The van der Waals surface area contributed by atoms with Gasteiger partial charge in [-0.05, 0) is 36.4 Å². The minimum Gasteiger partial charge on any atom is -0.235 e. The number of aromatic nitrogens is 3. The Balaban J connectivity index is 1.75. The van der Waals surface area contributed by atoms with Crippen LogP contribution in [-0.4, -0.2) is 29.3 Å². The maximum absolute atomic E-state index is 12.8. The average Bonchev–Trinajstić information content (AvgIpc) is 3.10. The van der Waals surface area contributed by atoms with Gasteiger partial charge in [0, 0.05) is 17.4 Å². The van der Waals surface area contributed by atoms with Crippen molar-refractivity contribution < 1.29 is 21.6 Å². The number of benzene rings is 2. The first kappa shape index (κ1) is 19.1. The third-order valence-electron chi connectivity index (χ3n) is 4.45. The SMILES string of the molecule is CS(=O)(=O)c1ccc(-c2ccc3ncc(-c4ccc(C(F)(F)F)cc4)n3n2)cc1. The van der Waals surface area contributed by atoms with Crippen LogP contribution in [0.2, 0.25) is 0 Å². The molecule has 2 aromatic carbocycles. The van der Waals surface area contributed by atoms with E-state index < -0.39 is 21.6 Å². The fourth-order valence-electron chi connectivity index (χ4n) is 2.93. The Labute approximate surface area is 164 Å². The Morgan fingerprint density at radius 2 is 1.48 bits per heavy atom. The van der Waals surface area contributed by atoms with Crippen molar-refractivity contribution in [1.82, 2.24) is 14.6 Å². The zero-order valence-corrected chi connectivity index (χ0v) is 15.9. The van der Waals surface area contributed by atoms with Crippen molar-refractivity contribution in [2.45, 2.75) is 11.1 Å². The number of halogens is 3. The molecule has 0 N–H and O–H groups in total. The van der Waals surface area contributed by atoms with Gasteiger partial charge < -0.3 is 0 Å². The Hall–Kier alpha value is -3.20. The van der Waals surface area contributed by atoms with E-state index in [-0.39, 0.29) is 4.90 Å². The molecule has 9 heteroatoms. The molecule has 0 fully saturated rings. The first-order valence-corrected chi connectivity index (χ1v) is 10.3. The van der Waals surface area contributed by atoms with Crippen molar-refractivity contribution in [3.63, 3.8) is 0 Å². The Morgan fingerprint density at radius 1 is 0.862 bits per heavy atom. The number of sulfone groups is 1. The van der Waals surface area contributed by atoms with Crippen molar-refractivity contribution in [2.24, 2.45) is 0 Å². The first-order valence-electron chi connectivity index (χ1n) is 8.46. The second-order valence-electron chi connectivity index (χ2n) is 6.50. The van der Waals surface area contributed by atoms with Crippen LogP contribution in [0.3, 0.4) is 0 Å². The minimum atomic E-state index is -4.40. The van der Waals surface area contributed by atoms with Gasteiger partial charge in [-0.15, -0.1) is 0 Å². The molecular formula is C20H14F3N3O2S. The zero-order valence-electron chi connectivity index (χ0n) is 15.1. The van der Waals surface area contributed by atoms with Gasteiger partial charge in [0.1, 0.15) is 0 Å². The van der Waals surface area contributed by atoms with Gasteiger partial charge in [0.05, 0.1) is 28.0 Å². The van der Waals surface area contributed by atoms with Gasteiger partial charge in [0.2, 0.25) is 0 Å². The summed E-state index contributed by atoms with van der Waals surface area (Å²) in [4.78, 5) is 4.45. The summed E-state index contributed by atoms with van der Waals surface area (Å²) in [6.45, 7) is 0. The Morgan fingerprint density at radius 3 is 2.07 bits per heavy atom. The van der Waals surface area contributed by atoms with Crippen LogP contribution in [0.25, 0.3) is 28.2 Å². The molecule has 0 aliphatic rings. The summed E-state index contributed by atoms with van der Waals surface area (Å²) in [5.41, 5.74) is 2.17. The molecule has 0 bridgehead atoms. The molecule has 0 aliphatic carbocycles. The molecule has 0 saturated heterocycles. The van der Waals surface area contributed by atoms with Crippen LogP contribution in [-0.2, 0) is 16.0 Å². The topological polar surface area (TPSA) is 64.3 Å². The highest BCUT2D eigenvalue weighted by molar-refractivity contribution is 7.90. The number of alkyl halides is 3. The van der Waals surface area contributed by atoms with Gasteiger partial charge in [-0.25, -0.2) is 17.9 Å². The summed E-state index contributed by atoms with van der Waals surface area (Å²) in [6, 6.07) is 14.6. The van der Waals surface area contributed by atoms with Crippen LogP contribution >= 0.6 is 0 Å². The number of hydrogen-bond donors (Lipinski definition) is 0. The highest BCUT2D eigenvalue weighted by atomic mass is 32.2. The average molecular weight is 417 g/mol. The fourth-order valence-corrected chi connectivity index (χ4v) is 3.56. The van der Waals surface area contributed by atoms with Gasteiger partial charge in [0.25, 0.3) is 0 Å². The second kappa shape index (κ2) is 6.70. The number of fused-ring (bicyclic) bond motifs is 1.